The summed E-state index contributed by atoms with van der Waals surface area (Å²) in [4.78, 5) is 6.88. The minimum absolute atomic E-state index is 0. The van der Waals surface area contributed by atoms with Crippen molar-refractivity contribution < 1.29 is 0 Å². The van der Waals surface area contributed by atoms with E-state index in [1.807, 2.05) is 11.7 Å². The average Bonchev–Trinajstić information content (AvgIpc) is 2.86. The molecule has 0 radical (unpaired) electrons. The minimum atomic E-state index is 0. The van der Waals surface area contributed by atoms with Crippen LogP contribution in [0.5, 0.6) is 0 Å². The molecule has 0 fully saturated rings. The van der Waals surface area contributed by atoms with Crippen molar-refractivity contribution in [2.24, 2.45) is 12.0 Å². The number of benzene rings is 1. The zero-order valence-electron chi connectivity index (χ0n) is 18.2. The van der Waals surface area contributed by atoms with E-state index < -0.39 is 0 Å². The Labute approximate surface area is 186 Å². The fourth-order valence-electron chi connectivity index (χ4n) is 3.13. The molecule has 2 rings (SSSR count). The van der Waals surface area contributed by atoms with E-state index in [0.717, 1.165) is 24.6 Å². The fourth-order valence-corrected chi connectivity index (χ4v) is 3.13. The van der Waals surface area contributed by atoms with Crippen LogP contribution in [0.1, 0.15) is 36.4 Å². The highest BCUT2D eigenvalue weighted by Gasteiger charge is 2.14. The lowest BCUT2D eigenvalue weighted by molar-refractivity contribution is 0.636. The smallest absolute Gasteiger partial charge is 0.191 e. The van der Waals surface area contributed by atoms with Gasteiger partial charge in [-0.3, -0.25) is 4.68 Å². The molecule has 2 N–H and O–H groups in total. The first-order valence-electron chi connectivity index (χ1n) is 9.62. The lowest BCUT2D eigenvalue weighted by Crippen LogP contribution is -2.43. The van der Waals surface area contributed by atoms with Crippen LogP contribution in [-0.2, 0) is 20.0 Å². The van der Waals surface area contributed by atoms with E-state index in [2.05, 4.69) is 86.7 Å². The summed E-state index contributed by atoms with van der Waals surface area (Å²) in [5.41, 5.74) is 6.03. The maximum atomic E-state index is 4.77. The summed E-state index contributed by atoms with van der Waals surface area (Å²) in [6.07, 6.45) is 0.923. The molecule has 0 amide bonds. The van der Waals surface area contributed by atoms with Gasteiger partial charge in [0, 0.05) is 45.1 Å². The first-order valence-corrected chi connectivity index (χ1v) is 9.62. The van der Waals surface area contributed by atoms with Crippen molar-refractivity contribution >= 4 is 35.6 Å². The molecule has 1 aromatic carbocycles. The SMILES string of the molecule is CCNC(=NCc1cccc(N(C)C)c1)NC(C)Cc1c(C)nn(C)c1C.I. The van der Waals surface area contributed by atoms with Gasteiger partial charge in [-0.1, -0.05) is 12.1 Å². The Morgan fingerprint density at radius 3 is 2.57 bits per heavy atom. The standard InChI is InChI=1S/C21H34N6.HI/c1-8-22-21(23-14-18-10-9-11-19(13-18)26(5)6)24-15(2)12-20-16(3)25-27(7)17(20)4;/h9-11,13,15H,8,12,14H2,1-7H3,(H2,22,23,24);1H. The molecule has 1 heterocycles. The lowest BCUT2D eigenvalue weighted by Gasteiger charge is -2.18. The van der Waals surface area contributed by atoms with Gasteiger partial charge in [0.15, 0.2) is 5.96 Å². The van der Waals surface area contributed by atoms with Gasteiger partial charge in [-0.25, -0.2) is 4.99 Å². The third-order valence-corrected chi connectivity index (χ3v) is 4.74. The molecule has 0 saturated carbocycles. The number of hydrogen-bond donors (Lipinski definition) is 2. The van der Waals surface area contributed by atoms with Crippen LogP contribution in [0.4, 0.5) is 5.69 Å². The molecule has 1 unspecified atom stereocenters. The Balaban J connectivity index is 0.00000392. The Bertz CT molecular complexity index is 781. The molecule has 0 aliphatic heterocycles. The first-order chi connectivity index (χ1) is 12.8. The maximum Gasteiger partial charge on any atom is 0.191 e. The molecule has 0 saturated heterocycles. The van der Waals surface area contributed by atoms with Gasteiger partial charge in [-0.05, 0) is 57.4 Å². The van der Waals surface area contributed by atoms with Crippen LogP contribution in [-0.4, -0.2) is 42.4 Å². The van der Waals surface area contributed by atoms with Gasteiger partial charge in [-0.2, -0.15) is 5.10 Å². The van der Waals surface area contributed by atoms with Crippen LogP contribution in [0.2, 0.25) is 0 Å². The molecule has 0 aliphatic carbocycles. The number of guanidine groups is 1. The lowest BCUT2D eigenvalue weighted by atomic mass is 10.1. The molecule has 28 heavy (non-hydrogen) atoms. The van der Waals surface area contributed by atoms with Gasteiger partial charge < -0.3 is 15.5 Å². The highest BCUT2D eigenvalue weighted by atomic mass is 127. The predicted octanol–water partition coefficient (Wildman–Crippen LogP) is 3.41. The van der Waals surface area contributed by atoms with E-state index in [0.29, 0.717) is 6.54 Å². The topological polar surface area (TPSA) is 57.5 Å². The number of aryl methyl sites for hydroxylation is 2. The Morgan fingerprint density at radius 2 is 2.00 bits per heavy atom. The third-order valence-electron chi connectivity index (χ3n) is 4.74. The highest BCUT2D eigenvalue weighted by molar-refractivity contribution is 14.0. The Morgan fingerprint density at radius 1 is 1.29 bits per heavy atom. The maximum absolute atomic E-state index is 4.77. The summed E-state index contributed by atoms with van der Waals surface area (Å²) < 4.78 is 1.95. The second-order valence-electron chi connectivity index (χ2n) is 7.28. The van der Waals surface area contributed by atoms with Crippen LogP contribution in [0.15, 0.2) is 29.3 Å². The van der Waals surface area contributed by atoms with Crippen LogP contribution in [0, 0.1) is 13.8 Å². The van der Waals surface area contributed by atoms with Gasteiger partial charge >= 0.3 is 0 Å². The molecule has 0 bridgehead atoms. The van der Waals surface area contributed by atoms with Gasteiger partial charge in [-0.15, -0.1) is 24.0 Å². The molecule has 2 aromatic rings. The summed E-state index contributed by atoms with van der Waals surface area (Å²) in [7, 11) is 6.10. The van der Waals surface area contributed by atoms with Gasteiger partial charge in [0.05, 0.1) is 12.2 Å². The van der Waals surface area contributed by atoms with E-state index >= 15 is 0 Å². The quantitative estimate of drug-likeness (QED) is 0.349. The third kappa shape index (κ3) is 6.68. The van der Waals surface area contributed by atoms with Crippen molar-refractivity contribution in [1.29, 1.82) is 0 Å². The predicted molar refractivity (Wildman–Crippen MR) is 130 cm³/mol. The fraction of sp³-hybridized carbons (Fsp3) is 0.524. The van der Waals surface area contributed by atoms with Crippen LogP contribution in [0.25, 0.3) is 0 Å². The van der Waals surface area contributed by atoms with E-state index in [-0.39, 0.29) is 30.0 Å². The molecule has 1 atom stereocenters. The molecular formula is C21H35IN6. The average molecular weight is 498 g/mol. The number of nitrogens with one attached hydrogen (secondary N) is 2. The van der Waals surface area contributed by atoms with Crippen LogP contribution >= 0.6 is 24.0 Å². The molecule has 6 nitrogen and oxygen atoms in total. The summed E-state index contributed by atoms with van der Waals surface area (Å²) >= 11 is 0. The second-order valence-corrected chi connectivity index (χ2v) is 7.28. The monoisotopic (exact) mass is 498 g/mol. The molecule has 156 valence electrons. The second kappa shape index (κ2) is 11.3. The molecule has 0 spiro atoms. The number of rotatable bonds is 7. The summed E-state index contributed by atoms with van der Waals surface area (Å²) in [5, 5.41) is 11.4. The van der Waals surface area contributed by atoms with E-state index in [9.17, 15) is 0 Å². The number of hydrogen-bond acceptors (Lipinski definition) is 3. The molecule has 0 aliphatic rings. The number of aliphatic imine (C=N–C) groups is 1. The normalized spacial score (nSPS) is 12.3. The zero-order chi connectivity index (χ0) is 20.0. The van der Waals surface area contributed by atoms with E-state index in [1.165, 1.54) is 22.5 Å². The molecule has 1 aromatic heterocycles. The van der Waals surface area contributed by atoms with Gasteiger partial charge in [0.1, 0.15) is 0 Å². The molecular weight excluding hydrogens is 463 g/mol. The number of nitrogens with zero attached hydrogens (tertiary/aromatic N) is 4. The largest absolute Gasteiger partial charge is 0.378 e. The minimum Gasteiger partial charge on any atom is -0.378 e. The van der Waals surface area contributed by atoms with E-state index in [1.54, 1.807) is 0 Å². The van der Waals surface area contributed by atoms with Crippen molar-refractivity contribution in [3.8, 4) is 0 Å². The van der Waals surface area contributed by atoms with Gasteiger partial charge in [0.25, 0.3) is 0 Å². The number of halogens is 1. The number of anilines is 1. The Kier molecular flexibility index (Phi) is 9.78. The first kappa shape index (κ1) is 24.3. The molecule has 7 heteroatoms. The summed E-state index contributed by atoms with van der Waals surface area (Å²) in [5.74, 6) is 0.847. The summed E-state index contributed by atoms with van der Waals surface area (Å²) in [6, 6.07) is 8.75. The van der Waals surface area contributed by atoms with Crippen molar-refractivity contribution in [2.45, 2.75) is 46.7 Å². The summed E-state index contributed by atoms with van der Waals surface area (Å²) in [6.45, 7) is 9.95. The van der Waals surface area contributed by atoms with Crippen molar-refractivity contribution in [2.75, 3.05) is 25.5 Å². The van der Waals surface area contributed by atoms with Crippen molar-refractivity contribution in [3.05, 3.63) is 46.8 Å². The highest BCUT2D eigenvalue weighted by Crippen LogP contribution is 2.15. The zero-order valence-corrected chi connectivity index (χ0v) is 20.5. The van der Waals surface area contributed by atoms with E-state index in [4.69, 9.17) is 4.99 Å². The Hall–Kier alpha value is -1.77. The number of aromatic nitrogens is 2. The van der Waals surface area contributed by atoms with Gasteiger partial charge in [0.2, 0.25) is 0 Å². The van der Waals surface area contributed by atoms with Crippen molar-refractivity contribution in [3.63, 3.8) is 0 Å². The van der Waals surface area contributed by atoms with Crippen LogP contribution in [0.3, 0.4) is 0 Å². The van der Waals surface area contributed by atoms with Crippen LogP contribution < -0.4 is 15.5 Å². The van der Waals surface area contributed by atoms with Crippen molar-refractivity contribution in [1.82, 2.24) is 20.4 Å².